The van der Waals surface area contributed by atoms with Crippen LogP contribution in [0.3, 0.4) is 0 Å². The predicted octanol–water partition coefficient (Wildman–Crippen LogP) is 1.40. The number of carbonyl (C=O) groups is 2. The van der Waals surface area contributed by atoms with Crippen molar-refractivity contribution in [1.29, 1.82) is 0 Å². The molecule has 0 aromatic rings. The molecule has 0 saturated carbocycles. The third-order valence-electron chi connectivity index (χ3n) is 0.175. The molecule has 8 N–H and O–H groups in total. The van der Waals surface area contributed by atoms with Crippen LogP contribution in [0.4, 0.5) is 9.59 Å². The molecular weight excluding hydrogens is 148 g/mol. The molecule has 0 atom stereocenters. The number of hydrogen-bond donors (Lipinski definition) is 4. The molecule has 0 aromatic heterocycles. The van der Waals surface area contributed by atoms with Gasteiger partial charge in [-0.3, -0.25) is 0 Å². The molecule has 0 saturated heterocycles. The van der Waals surface area contributed by atoms with E-state index in [4.69, 9.17) is 10.2 Å². The van der Waals surface area contributed by atoms with Gasteiger partial charge in [-0.25, -0.2) is 9.59 Å². The van der Waals surface area contributed by atoms with Crippen LogP contribution in [-0.2, 0) is 0 Å². The van der Waals surface area contributed by atoms with Gasteiger partial charge in [0, 0.05) is 0 Å². The molecule has 0 aliphatic rings. The minimum atomic E-state index is -1.40. The molecule has 0 aromatic carbocycles. The van der Waals surface area contributed by atoms with E-state index in [1.54, 1.807) is 0 Å². The number of hydrogen-bond acceptors (Lipinski definition) is 5. The summed E-state index contributed by atoms with van der Waals surface area (Å²) < 4.78 is 0. The van der Waals surface area contributed by atoms with Crippen molar-refractivity contribution < 1.29 is 19.8 Å². The van der Waals surface area contributed by atoms with E-state index in [-0.39, 0.29) is 24.1 Å². The Labute approximate surface area is 55.4 Å². The first-order chi connectivity index (χ1) is 3.13. The Bertz CT molecular complexity index is 92.7. The zero-order valence-electron chi connectivity index (χ0n) is 4.53. The summed E-state index contributed by atoms with van der Waals surface area (Å²) in [6.07, 6.45) is 0. The molecule has 0 unspecified atom stereocenters. The Kier molecular flexibility index (Phi) is 12.6. The summed E-state index contributed by atoms with van der Waals surface area (Å²) in [6.45, 7) is 0. The average molecular weight is 156 g/mol. The summed E-state index contributed by atoms with van der Waals surface area (Å²) >= 11 is -0.157. The fourth-order valence-electron chi connectivity index (χ4n) is 0.0747. The molecule has 0 heterocycles. The Morgan fingerprint density at radius 1 is 1.00 bits per heavy atom. The fourth-order valence-corrected chi connectivity index (χ4v) is 0.224. The molecule has 0 spiro atoms. The van der Waals surface area contributed by atoms with Crippen LogP contribution in [0.25, 0.3) is 0 Å². The van der Waals surface area contributed by atoms with Gasteiger partial charge in [0.2, 0.25) is 0 Å². The van der Waals surface area contributed by atoms with Gasteiger partial charge in [0.15, 0.2) is 0 Å². The van der Waals surface area contributed by atoms with E-state index in [1.807, 2.05) is 0 Å². The average Bonchev–Trinajstić information content (AvgIpc) is 1.27. The third-order valence-corrected chi connectivity index (χ3v) is 0.524. The van der Waals surface area contributed by atoms with Crippen molar-refractivity contribution in [2.75, 3.05) is 0 Å². The Balaban J connectivity index is -0.000000180. The van der Waals surface area contributed by atoms with Crippen molar-refractivity contribution in [1.82, 2.24) is 12.3 Å². The highest BCUT2D eigenvalue weighted by Crippen LogP contribution is 1.99. The van der Waals surface area contributed by atoms with E-state index in [0.717, 1.165) is 0 Å². The van der Waals surface area contributed by atoms with Gasteiger partial charge in [0.1, 0.15) is 0 Å². The number of thioether (sulfide) groups is 1. The van der Waals surface area contributed by atoms with E-state index in [0.29, 0.717) is 0 Å². The number of rotatable bonds is 0. The molecule has 6 nitrogen and oxygen atoms in total. The molecule has 0 fully saturated rings. The molecule has 0 amide bonds. The van der Waals surface area contributed by atoms with E-state index < -0.39 is 10.6 Å². The molecule has 0 radical (unpaired) electrons. The lowest BCUT2D eigenvalue weighted by Gasteiger charge is -1.78. The normalized spacial score (nSPS) is 6.22. The van der Waals surface area contributed by atoms with Gasteiger partial charge < -0.3 is 22.5 Å². The van der Waals surface area contributed by atoms with Crippen molar-refractivity contribution in [2.45, 2.75) is 0 Å². The maximum atomic E-state index is 9.39. The predicted molar refractivity (Wildman–Crippen MR) is 33.7 cm³/mol. The smallest absolute Gasteiger partial charge is 0.376 e. The quantitative estimate of drug-likeness (QED) is 0.414. The molecule has 56 valence electrons. The van der Waals surface area contributed by atoms with Crippen LogP contribution in [0.15, 0.2) is 0 Å². The molecular formula is C2H8N2O4S. The highest BCUT2D eigenvalue weighted by molar-refractivity contribution is 8.25. The SMILES string of the molecule is N.N.O=C(O)SC(=O)O. The minimum absolute atomic E-state index is 0. The summed E-state index contributed by atoms with van der Waals surface area (Å²) in [7, 11) is 0. The van der Waals surface area contributed by atoms with E-state index in [1.165, 1.54) is 0 Å². The maximum absolute atomic E-state index is 9.39. The lowest BCUT2D eigenvalue weighted by atomic mass is 11.6. The largest absolute Gasteiger partial charge is 0.473 e. The minimum Gasteiger partial charge on any atom is -0.473 e. The second-order valence-electron chi connectivity index (χ2n) is 0.634. The van der Waals surface area contributed by atoms with Crippen molar-refractivity contribution in [3.63, 3.8) is 0 Å². The molecule has 7 heteroatoms. The first-order valence-corrected chi connectivity index (χ1v) is 2.08. The first kappa shape index (κ1) is 15.7. The van der Waals surface area contributed by atoms with Gasteiger partial charge in [-0.05, 0) is 0 Å². The highest BCUT2D eigenvalue weighted by Gasteiger charge is 2.03. The van der Waals surface area contributed by atoms with Crippen molar-refractivity contribution >= 4 is 22.4 Å². The lowest BCUT2D eigenvalue weighted by Crippen LogP contribution is -1.90. The van der Waals surface area contributed by atoms with E-state index >= 15 is 0 Å². The standard InChI is InChI=1S/C2H2O4S.2H3N/c3-1(4)7-2(5)6;;/h(H,3,4)(H,5,6);2*1H3. The lowest BCUT2D eigenvalue weighted by molar-refractivity contribution is 0.217. The van der Waals surface area contributed by atoms with Crippen LogP contribution in [0.2, 0.25) is 0 Å². The van der Waals surface area contributed by atoms with Crippen LogP contribution in [0.1, 0.15) is 0 Å². The Morgan fingerprint density at radius 2 is 1.22 bits per heavy atom. The zero-order valence-corrected chi connectivity index (χ0v) is 5.35. The van der Waals surface area contributed by atoms with Crippen LogP contribution < -0.4 is 12.3 Å². The zero-order chi connectivity index (χ0) is 5.86. The molecule has 0 rings (SSSR count). The topological polar surface area (TPSA) is 145 Å². The van der Waals surface area contributed by atoms with Crippen molar-refractivity contribution in [3.05, 3.63) is 0 Å². The van der Waals surface area contributed by atoms with Gasteiger partial charge >= 0.3 is 10.6 Å². The summed E-state index contributed by atoms with van der Waals surface area (Å²) in [6, 6.07) is 0. The number of carboxylic acid groups (broad SMARTS) is 2. The van der Waals surface area contributed by atoms with E-state index in [9.17, 15) is 9.59 Å². The Hall–Kier alpha value is -0.790. The second-order valence-corrected chi connectivity index (χ2v) is 1.54. The maximum Gasteiger partial charge on any atom is 0.376 e. The molecule has 0 bridgehead atoms. The van der Waals surface area contributed by atoms with E-state index in [2.05, 4.69) is 0 Å². The van der Waals surface area contributed by atoms with Crippen LogP contribution in [-0.4, -0.2) is 20.8 Å². The fraction of sp³-hybridized carbons (Fsp3) is 0. The third kappa shape index (κ3) is 19.0. The molecule has 9 heavy (non-hydrogen) atoms. The summed E-state index contributed by atoms with van der Waals surface area (Å²) in [4.78, 5) is 18.8. The van der Waals surface area contributed by atoms with Gasteiger partial charge in [-0.1, -0.05) is 0 Å². The van der Waals surface area contributed by atoms with Crippen molar-refractivity contribution in [2.24, 2.45) is 0 Å². The summed E-state index contributed by atoms with van der Waals surface area (Å²) in [5, 5.41) is 12.5. The van der Waals surface area contributed by atoms with Gasteiger partial charge in [-0.15, -0.1) is 0 Å². The first-order valence-electron chi connectivity index (χ1n) is 1.26. The highest BCUT2D eigenvalue weighted by atomic mass is 32.2. The van der Waals surface area contributed by atoms with Crippen LogP contribution in [0, 0.1) is 0 Å². The molecule has 0 aliphatic carbocycles. The van der Waals surface area contributed by atoms with Gasteiger partial charge in [0.25, 0.3) is 0 Å². The van der Waals surface area contributed by atoms with Gasteiger partial charge in [0.05, 0.1) is 11.8 Å². The van der Waals surface area contributed by atoms with Gasteiger partial charge in [-0.2, -0.15) is 0 Å². The monoisotopic (exact) mass is 156 g/mol. The van der Waals surface area contributed by atoms with Crippen molar-refractivity contribution in [3.8, 4) is 0 Å². The Morgan fingerprint density at radius 3 is 1.22 bits per heavy atom. The summed E-state index contributed by atoms with van der Waals surface area (Å²) in [5.41, 5.74) is 0. The van der Waals surface area contributed by atoms with Crippen LogP contribution in [0.5, 0.6) is 0 Å². The summed E-state index contributed by atoms with van der Waals surface area (Å²) in [5.74, 6) is 0. The van der Waals surface area contributed by atoms with Crippen LogP contribution >= 0.6 is 11.8 Å². The second kappa shape index (κ2) is 7.21. The molecule has 0 aliphatic heterocycles.